The zero-order chi connectivity index (χ0) is 13.9. The molecule has 1 aliphatic carbocycles. The minimum Gasteiger partial charge on any atom is -0.469 e. The van der Waals surface area contributed by atoms with E-state index in [-0.39, 0.29) is 12.0 Å². The maximum absolute atomic E-state index is 9.18. The number of nitrogens with one attached hydrogen (secondary N) is 1. The molecule has 1 aliphatic rings. The molecule has 2 atom stereocenters. The van der Waals surface area contributed by atoms with Crippen molar-refractivity contribution in [2.45, 2.75) is 45.2 Å². The maximum Gasteiger partial charge on any atom is 0.109 e. The van der Waals surface area contributed by atoms with Gasteiger partial charge in [-0.15, -0.1) is 0 Å². The summed E-state index contributed by atoms with van der Waals surface area (Å²) in [6.07, 6.45) is 6.86. The molecule has 2 rings (SSSR count). The minimum atomic E-state index is 0.243. The van der Waals surface area contributed by atoms with Gasteiger partial charge < -0.3 is 14.8 Å². The predicted octanol–water partition coefficient (Wildman–Crippen LogP) is 3.00. The Morgan fingerprint density at radius 2 is 2.37 bits per heavy atom. The van der Waals surface area contributed by atoms with E-state index < -0.39 is 0 Å². The first-order valence-electron chi connectivity index (χ1n) is 6.98. The Morgan fingerprint density at radius 3 is 3.05 bits per heavy atom. The van der Waals surface area contributed by atoms with E-state index in [1.54, 1.807) is 6.26 Å². The molecule has 0 aromatic carbocycles. The highest BCUT2D eigenvalue weighted by molar-refractivity contribution is 7.98. The first-order valence-corrected chi connectivity index (χ1v) is 8.37. The molecule has 4 heteroatoms. The molecule has 19 heavy (non-hydrogen) atoms. The van der Waals surface area contributed by atoms with E-state index in [0.717, 1.165) is 30.8 Å². The van der Waals surface area contributed by atoms with Gasteiger partial charge in [-0.3, -0.25) is 0 Å². The van der Waals surface area contributed by atoms with Crippen molar-refractivity contribution in [2.24, 2.45) is 5.41 Å². The van der Waals surface area contributed by atoms with Gasteiger partial charge in [-0.25, -0.2) is 0 Å². The molecule has 0 amide bonds. The van der Waals surface area contributed by atoms with Gasteiger partial charge in [0.1, 0.15) is 5.76 Å². The second-order valence-electron chi connectivity index (χ2n) is 6.23. The molecule has 0 spiro atoms. The summed E-state index contributed by atoms with van der Waals surface area (Å²) in [6, 6.07) is 2.81. The average molecular weight is 283 g/mol. The van der Waals surface area contributed by atoms with Crippen molar-refractivity contribution in [1.82, 2.24) is 5.32 Å². The normalized spacial score (nSPS) is 23.1. The van der Waals surface area contributed by atoms with Crippen LogP contribution in [-0.4, -0.2) is 29.8 Å². The number of aliphatic hydroxyl groups excluding tert-OH is 1. The van der Waals surface area contributed by atoms with Crippen LogP contribution in [0.4, 0.5) is 0 Å². The Balaban J connectivity index is 2.11. The van der Waals surface area contributed by atoms with E-state index in [1.807, 2.05) is 11.8 Å². The molecule has 1 heterocycles. The van der Waals surface area contributed by atoms with Gasteiger partial charge in [0.25, 0.3) is 0 Å². The van der Waals surface area contributed by atoms with Crippen molar-refractivity contribution in [3.05, 3.63) is 23.7 Å². The van der Waals surface area contributed by atoms with E-state index in [9.17, 15) is 5.11 Å². The van der Waals surface area contributed by atoms with Gasteiger partial charge >= 0.3 is 0 Å². The fourth-order valence-electron chi connectivity index (χ4n) is 2.98. The fourth-order valence-corrected chi connectivity index (χ4v) is 3.64. The van der Waals surface area contributed by atoms with Crippen molar-refractivity contribution in [2.75, 3.05) is 18.6 Å². The summed E-state index contributed by atoms with van der Waals surface area (Å²) < 4.78 is 5.63. The Hall–Kier alpha value is -0.450. The minimum absolute atomic E-state index is 0.243. The summed E-state index contributed by atoms with van der Waals surface area (Å²) in [5.41, 5.74) is 1.58. The van der Waals surface area contributed by atoms with Gasteiger partial charge in [-0.2, -0.15) is 11.8 Å². The molecule has 2 unspecified atom stereocenters. The SMILES string of the molecule is CSCC(CCO)NC1CC(C)(C)Cc2occc21. The molecular formula is C15H25NO2S. The molecule has 3 nitrogen and oxygen atoms in total. The predicted molar refractivity (Wildman–Crippen MR) is 80.6 cm³/mol. The third-order valence-corrected chi connectivity index (χ3v) is 4.57. The van der Waals surface area contributed by atoms with Crippen LogP contribution in [0.3, 0.4) is 0 Å². The molecule has 0 saturated carbocycles. The Labute approximate surface area is 120 Å². The lowest BCUT2D eigenvalue weighted by atomic mass is 9.74. The first-order chi connectivity index (χ1) is 9.05. The van der Waals surface area contributed by atoms with E-state index in [1.165, 1.54) is 5.56 Å². The van der Waals surface area contributed by atoms with Gasteiger partial charge in [0.2, 0.25) is 0 Å². The number of thioether (sulfide) groups is 1. The second-order valence-corrected chi connectivity index (χ2v) is 7.14. The van der Waals surface area contributed by atoms with Crippen molar-refractivity contribution in [3.63, 3.8) is 0 Å². The van der Waals surface area contributed by atoms with Crippen molar-refractivity contribution < 1.29 is 9.52 Å². The van der Waals surface area contributed by atoms with Gasteiger partial charge in [0.15, 0.2) is 0 Å². The van der Waals surface area contributed by atoms with Crippen LogP contribution in [0.2, 0.25) is 0 Å². The first kappa shape index (κ1) is 14.9. The van der Waals surface area contributed by atoms with Crippen LogP contribution >= 0.6 is 11.8 Å². The summed E-state index contributed by atoms with van der Waals surface area (Å²) in [5, 5.41) is 12.9. The number of hydrogen-bond acceptors (Lipinski definition) is 4. The lowest BCUT2D eigenvalue weighted by Crippen LogP contribution is -2.40. The monoisotopic (exact) mass is 283 g/mol. The Bertz CT molecular complexity index is 397. The smallest absolute Gasteiger partial charge is 0.109 e. The summed E-state index contributed by atoms with van der Waals surface area (Å²) in [7, 11) is 0. The van der Waals surface area contributed by atoms with Crippen LogP contribution in [-0.2, 0) is 6.42 Å². The summed E-state index contributed by atoms with van der Waals surface area (Å²) in [5.74, 6) is 2.16. The highest BCUT2D eigenvalue weighted by Gasteiger charge is 2.34. The number of furan rings is 1. The second kappa shape index (κ2) is 6.33. The summed E-state index contributed by atoms with van der Waals surface area (Å²) in [4.78, 5) is 0. The van der Waals surface area contributed by atoms with Crippen LogP contribution in [0.5, 0.6) is 0 Å². The van der Waals surface area contributed by atoms with Crippen LogP contribution in [0.25, 0.3) is 0 Å². The molecule has 1 aromatic rings. The fraction of sp³-hybridized carbons (Fsp3) is 0.733. The van der Waals surface area contributed by atoms with Gasteiger partial charge in [-0.05, 0) is 30.6 Å². The molecule has 0 saturated heterocycles. The molecule has 108 valence electrons. The van der Waals surface area contributed by atoms with Crippen LogP contribution < -0.4 is 5.32 Å². The molecule has 0 bridgehead atoms. The highest BCUT2D eigenvalue weighted by Crippen LogP contribution is 2.41. The van der Waals surface area contributed by atoms with E-state index in [4.69, 9.17) is 4.42 Å². The van der Waals surface area contributed by atoms with Crippen LogP contribution in [0.1, 0.15) is 44.1 Å². The molecule has 1 aromatic heterocycles. The summed E-state index contributed by atoms with van der Waals surface area (Å²) in [6.45, 7) is 4.83. The van der Waals surface area contributed by atoms with Crippen LogP contribution in [0.15, 0.2) is 16.7 Å². The third-order valence-electron chi connectivity index (χ3n) is 3.83. The Morgan fingerprint density at radius 1 is 1.58 bits per heavy atom. The zero-order valence-electron chi connectivity index (χ0n) is 12.1. The van der Waals surface area contributed by atoms with Crippen molar-refractivity contribution in [3.8, 4) is 0 Å². The third kappa shape index (κ3) is 3.77. The quantitative estimate of drug-likeness (QED) is 0.842. The largest absolute Gasteiger partial charge is 0.469 e. The number of aliphatic hydroxyl groups is 1. The molecule has 0 aliphatic heterocycles. The van der Waals surface area contributed by atoms with E-state index >= 15 is 0 Å². The topological polar surface area (TPSA) is 45.4 Å². The molecule has 0 radical (unpaired) electrons. The summed E-state index contributed by atoms with van der Waals surface area (Å²) >= 11 is 1.82. The van der Waals surface area contributed by atoms with E-state index in [2.05, 4.69) is 31.5 Å². The van der Waals surface area contributed by atoms with Gasteiger partial charge in [-0.1, -0.05) is 13.8 Å². The lowest BCUT2D eigenvalue weighted by molar-refractivity contribution is 0.214. The van der Waals surface area contributed by atoms with E-state index in [0.29, 0.717) is 12.1 Å². The number of rotatable bonds is 6. The molecule has 0 fully saturated rings. The average Bonchev–Trinajstić information content (AvgIpc) is 2.76. The van der Waals surface area contributed by atoms with Crippen LogP contribution in [0, 0.1) is 5.41 Å². The standard InChI is InChI=1S/C15H25NO2S/c1-15(2)8-13(12-5-7-18-14(12)9-15)16-11(4-6-17)10-19-3/h5,7,11,13,16-17H,4,6,8-10H2,1-3H3. The Kier molecular flexibility index (Phi) is 4.98. The highest BCUT2D eigenvalue weighted by atomic mass is 32.2. The molecular weight excluding hydrogens is 258 g/mol. The van der Waals surface area contributed by atoms with Gasteiger partial charge in [0.05, 0.1) is 6.26 Å². The number of fused-ring (bicyclic) bond motifs is 1. The van der Waals surface area contributed by atoms with Crippen molar-refractivity contribution in [1.29, 1.82) is 0 Å². The van der Waals surface area contributed by atoms with Crippen molar-refractivity contribution >= 4 is 11.8 Å². The molecule has 2 N–H and O–H groups in total. The maximum atomic E-state index is 9.18. The lowest BCUT2D eigenvalue weighted by Gasteiger charge is -2.36. The zero-order valence-corrected chi connectivity index (χ0v) is 12.9. The van der Waals surface area contributed by atoms with Gasteiger partial charge in [0, 0.05) is 36.4 Å². The number of hydrogen-bond donors (Lipinski definition) is 2.